The summed E-state index contributed by atoms with van der Waals surface area (Å²) in [6.45, 7) is 1.91. The number of fused-ring (bicyclic) bond motifs is 6. The maximum atomic E-state index is 14.1. The van der Waals surface area contributed by atoms with Crippen molar-refractivity contribution in [2.75, 3.05) is 11.6 Å². The molecule has 0 saturated carbocycles. The molecular weight excluding hydrogens is 365 g/mol. The highest BCUT2D eigenvalue weighted by atomic mass is 19.2. The Morgan fingerprint density at radius 3 is 2.79 bits per heavy atom. The fourth-order valence-corrected chi connectivity index (χ4v) is 3.50. The van der Waals surface area contributed by atoms with Crippen LogP contribution in [0.25, 0.3) is 40.5 Å². The van der Waals surface area contributed by atoms with Gasteiger partial charge in [-0.1, -0.05) is 21.8 Å². The van der Waals surface area contributed by atoms with E-state index in [1.807, 2.05) is 42.2 Å². The van der Waals surface area contributed by atoms with Gasteiger partial charge < -0.3 is 13.8 Å². The molecule has 9 nitrogen and oxygen atoms in total. The molecule has 0 unspecified atom stereocenters. The third-order valence-corrected chi connectivity index (χ3v) is 4.71. The van der Waals surface area contributed by atoms with E-state index in [0.29, 0.717) is 28.4 Å². The van der Waals surface area contributed by atoms with E-state index in [1.165, 1.54) is 6.20 Å². The fraction of sp³-hybridized carbons (Fsp3) is 0.111. The van der Waals surface area contributed by atoms with E-state index in [0.717, 1.165) is 17.0 Å². The first-order valence-corrected chi connectivity index (χ1v) is 8.57. The third kappa shape index (κ3) is 1.99. The van der Waals surface area contributed by atoms with Crippen LogP contribution in [0, 0.1) is 6.92 Å². The number of para-hydroxylation sites is 1. The number of aryl methyl sites for hydroxylation is 1. The van der Waals surface area contributed by atoms with Crippen molar-refractivity contribution in [3.8, 4) is 34.7 Å². The van der Waals surface area contributed by atoms with Gasteiger partial charge in [0.05, 0.1) is 11.9 Å². The van der Waals surface area contributed by atoms with E-state index in [2.05, 4.69) is 20.3 Å². The van der Waals surface area contributed by atoms with Crippen molar-refractivity contribution in [1.82, 2.24) is 30.0 Å². The van der Waals surface area contributed by atoms with Crippen LogP contribution in [0.4, 0.5) is 10.2 Å². The second kappa shape index (κ2) is 5.28. The standard InChI is InChI=1S/C18H12FN7O2/c1-10-6-7-13(27-10)18-20-15(23-28-18)17-22-21-16-11-4-2-3-5-12(11)25-9-24(19)8-14(25)26(16)17/h2-8H,9H2,1H3. The lowest BCUT2D eigenvalue weighted by atomic mass is 10.1. The van der Waals surface area contributed by atoms with Gasteiger partial charge in [-0.2, -0.15) is 10.1 Å². The van der Waals surface area contributed by atoms with Gasteiger partial charge >= 0.3 is 0 Å². The van der Waals surface area contributed by atoms with Gasteiger partial charge in [0.15, 0.2) is 11.6 Å². The van der Waals surface area contributed by atoms with E-state index in [4.69, 9.17) is 8.94 Å². The first-order valence-electron chi connectivity index (χ1n) is 8.57. The zero-order valence-electron chi connectivity index (χ0n) is 14.6. The Morgan fingerprint density at radius 2 is 1.93 bits per heavy atom. The van der Waals surface area contributed by atoms with E-state index >= 15 is 0 Å². The number of anilines is 1. The number of aromatic nitrogens is 5. The fourth-order valence-electron chi connectivity index (χ4n) is 3.50. The van der Waals surface area contributed by atoms with Crippen molar-refractivity contribution >= 4 is 11.5 Å². The summed E-state index contributed by atoms with van der Waals surface area (Å²) in [5.74, 6) is 3.20. The average Bonchev–Trinajstić information content (AvgIpc) is 3.46. The molecule has 3 aromatic heterocycles. The molecule has 0 atom stereocenters. The summed E-state index contributed by atoms with van der Waals surface area (Å²) in [5, 5.41) is 13.2. The Bertz CT molecular complexity index is 1250. The van der Waals surface area contributed by atoms with Crippen LogP contribution in [0.1, 0.15) is 5.76 Å². The monoisotopic (exact) mass is 377 g/mol. The van der Waals surface area contributed by atoms with Crippen LogP contribution >= 0.6 is 0 Å². The van der Waals surface area contributed by atoms with Crippen LogP contribution < -0.4 is 4.90 Å². The molecule has 0 saturated heterocycles. The molecule has 0 N–H and O–H groups in total. The Kier molecular flexibility index (Phi) is 2.86. The molecule has 0 bridgehead atoms. The van der Waals surface area contributed by atoms with Crippen LogP contribution in [-0.2, 0) is 0 Å². The highest BCUT2D eigenvalue weighted by molar-refractivity contribution is 5.89. The summed E-state index contributed by atoms with van der Waals surface area (Å²) in [6.07, 6.45) is 1.39. The van der Waals surface area contributed by atoms with Gasteiger partial charge in [0.1, 0.15) is 18.2 Å². The molecular formula is C18H12FN7O2. The average molecular weight is 377 g/mol. The SMILES string of the molecule is Cc1ccc(-c2nc(-c3nnc4n3C3=CN(F)CN3c3ccccc3-4)no2)o1. The number of rotatable bonds is 2. The lowest BCUT2D eigenvalue weighted by molar-refractivity contribution is 0.104. The minimum atomic E-state index is 0.0760. The molecule has 0 aliphatic carbocycles. The van der Waals surface area contributed by atoms with Gasteiger partial charge in [0, 0.05) is 5.56 Å². The predicted octanol–water partition coefficient (Wildman–Crippen LogP) is 3.30. The number of furan rings is 1. The van der Waals surface area contributed by atoms with Crippen LogP contribution in [0.2, 0.25) is 0 Å². The topological polar surface area (TPSA) is 89.3 Å². The van der Waals surface area contributed by atoms with Gasteiger partial charge in [0.25, 0.3) is 5.89 Å². The lowest BCUT2D eigenvalue weighted by Crippen LogP contribution is -2.28. The quantitative estimate of drug-likeness (QED) is 0.492. The first kappa shape index (κ1) is 15.1. The normalized spacial score (nSPS) is 14.7. The van der Waals surface area contributed by atoms with Crippen molar-refractivity contribution in [3.05, 3.63) is 48.4 Å². The largest absolute Gasteiger partial charge is 0.456 e. The van der Waals surface area contributed by atoms with Crippen LogP contribution in [0.5, 0.6) is 0 Å². The molecule has 0 radical (unpaired) electrons. The van der Waals surface area contributed by atoms with Gasteiger partial charge in [0.2, 0.25) is 11.6 Å². The van der Waals surface area contributed by atoms with E-state index in [-0.39, 0.29) is 18.4 Å². The van der Waals surface area contributed by atoms with Crippen molar-refractivity contribution in [2.45, 2.75) is 6.92 Å². The number of hydrogen-bond acceptors (Lipinski definition) is 8. The van der Waals surface area contributed by atoms with E-state index < -0.39 is 0 Å². The van der Waals surface area contributed by atoms with Gasteiger partial charge in [-0.05, 0) is 31.2 Å². The summed E-state index contributed by atoms with van der Waals surface area (Å²) in [5.41, 5.74) is 1.71. The van der Waals surface area contributed by atoms with E-state index in [9.17, 15) is 4.48 Å². The number of halogens is 1. The zero-order valence-corrected chi connectivity index (χ0v) is 14.6. The second-order valence-electron chi connectivity index (χ2n) is 6.49. The highest BCUT2D eigenvalue weighted by Crippen LogP contribution is 2.43. The lowest BCUT2D eigenvalue weighted by Gasteiger charge is -2.29. The molecule has 0 fully saturated rings. The third-order valence-electron chi connectivity index (χ3n) is 4.71. The Balaban J connectivity index is 1.53. The maximum absolute atomic E-state index is 14.1. The summed E-state index contributed by atoms with van der Waals surface area (Å²) >= 11 is 0. The number of benzene rings is 1. The Labute approximate surface area is 157 Å². The molecule has 1 aromatic carbocycles. The maximum Gasteiger partial charge on any atom is 0.294 e. The van der Waals surface area contributed by atoms with Gasteiger partial charge in [-0.3, -0.25) is 4.57 Å². The molecule has 6 rings (SSSR count). The Morgan fingerprint density at radius 1 is 1.07 bits per heavy atom. The summed E-state index contributed by atoms with van der Waals surface area (Å²) in [7, 11) is 0. The molecule has 10 heteroatoms. The minimum Gasteiger partial charge on any atom is -0.456 e. The zero-order chi connectivity index (χ0) is 18.8. The van der Waals surface area contributed by atoms with Crippen LogP contribution in [-0.4, -0.2) is 36.7 Å². The van der Waals surface area contributed by atoms with Gasteiger partial charge in [-0.25, -0.2) is 0 Å². The smallest absolute Gasteiger partial charge is 0.294 e. The molecule has 28 heavy (non-hydrogen) atoms. The highest BCUT2D eigenvalue weighted by Gasteiger charge is 2.36. The van der Waals surface area contributed by atoms with Crippen molar-refractivity contribution in [1.29, 1.82) is 0 Å². The summed E-state index contributed by atoms with van der Waals surface area (Å²) < 4.78 is 26.7. The van der Waals surface area contributed by atoms with Crippen molar-refractivity contribution < 1.29 is 13.4 Å². The first-order chi connectivity index (χ1) is 13.7. The molecule has 2 aliphatic rings. The summed E-state index contributed by atoms with van der Waals surface area (Å²) in [4.78, 5) is 6.22. The number of nitrogens with zero attached hydrogens (tertiary/aromatic N) is 7. The van der Waals surface area contributed by atoms with Crippen LogP contribution in [0.3, 0.4) is 0 Å². The molecule has 5 heterocycles. The number of hydrogen-bond donors (Lipinski definition) is 0. The van der Waals surface area contributed by atoms with Gasteiger partial charge in [-0.15, -0.1) is 10.2 Å². The Hall–Kier alpha value is -3.95. The van der Waals surface area contributed by atoms with Crippen molar-refractivity contribution in [3.63, 3.8) is 0 Å². The van der Waals surface area contributed by atoms with Crippen molar-refractivity contribution in [2.24, 2.45) is 0 Å². The molecule has 4 aromatic rings. The molecule has 2 aliphatic heterocycles. The molecule has 0 amide bonds. The van der Waals surface area contributed by atoms with Crippen LogP contribution in [0.15, 0.2) is 51.5 Å². The second-order valence-corrected chi connectivity index (χ2v) is 6.49. The molecule has 138 valence electrons. The summed E-state index contributed by atoms with van der Waals surface area (Å²) in [6, 6.07) is 11.2. The molecule has 0 spiro atoms. The predicted molar refractivity (Wildman–Crippen MR) is 95.8 cm³/mol. The minimum absolute atomic E-state index is 0.0760. The van der Waals surface area contributed by atoms with E-state index in [1.54, 1.807) is 10.6 Å².